The lowest BCUT2D eigenvalue weighted by atomic mass is 10.2. The largest absolute Gasteiger partial charge is 0.444 e. The molecule has 0 N–H and O–H groups in total. The van der Waals surface area contributed by atoms with Gasteiger partial charge in [-0.15, -0.1) is 6.42 Å². The van der Waals surface area contributed by atoms with Crippen LogP contribution in [0.3, 0.4) is 0 Å². The molecular formula is C12H19NO3. The summed E-state index contributed by atoms with van der Waals surface area (Å²) in [5.41, 5.74) is -0.450. The van der Waals surface area contributed by atoms with Crippen LogP contribution in [-0.2, 0) is 9.47 Å². The van der Waals surface area contributed by atoms with Gasteiger partial charge in [-0.25, -0.2) is 4.79 Å². The predicted octanol–water partition coefficient (Wildman–Crippen LogP) is 1.65. The number of ether oxygens (including phenoxy) is 2. The number of likely N-dealkylation sites (tertiary alicyclic amines) is 1. The first-order chi connectivity index (χ1) is 7.42. The number of hydrogen-bond acceptors (Lipinski definition) is 3. The Hall–Kier alpha value is -1.21. The van der Waals surface area contributed by atoms with Gasteiger partial charge in [0.05, 0.1) is 12.6 Å². The molecule has 1 amide bonds. The van der Waals surface area contributed by atoms with Gasteiger partial charge in [0.1, 0.15) is 12.2 Å². The highest BCUT2D eigenvalue weighted by atomic mass is 16.6. The van der Waals surface area contributed by atoms with Gasteiger partial charge in [-0.3, -0.25) is 0 Å². The number of carbonyl (C=O) groups excluding carboxylic acids is 1. The molecule has 1 aliphatic rings. The maximum Gasteiger partial charge on any atom is 0.410 e. The number of hydrogen-bond donors (Lipinski definition) is 0. The van der Waals surface area contributed by atoms with Crippen LogP contribution in [-0.4, -0.2) is 42.4 Å². The maximum absolute atomic E-state index is 11.7. The van der Waals surface area contributed by atoms with Crippen LogP contribution in [0.2, 0.25) is 0 Å². The summed E-state index contributed by atoms with van der Waals surface area (Å²) < 4.78 is 10.6. The van der Waals surface area contributed by atoms with Crippen LogP contribution in [0.25, 0.3) is 0 Å². The quantitative estimate of drug-likeness (QED) is 0.671. The van der Waals surface area contributed by atoms with Crippen LogP contribution in [0.1, 0.15) is 27.2 Å². The van der Waals surface area contributed by atoms with Crippen molar-refractivity contribution in [2.24, 2.45) is 0 Å². The molecule has 0 saturated carbocycles. The minimum Gasteiger partial charge on any atom is -0.444 e. The Balaban J connectivity index is 2.36. The normalized spacial score (nSPS) is 20.6. The SMILES string of the molecule is C#CCOC1CCN(C(=O)OC(C)(C)C)C1. The van der Waals surface area contributed by atoms with E-state index in [2.05, 4.69) is 5.92 Å². The minimum atomic E-state index is -0.450. The molecule has 0 aromatic rings. The molecule has 1 saturated heterocycles. The number of terminal acetylenes is 1. The van der Waals surface area contributed by atoms with Crippen molar-refractivity contribution in [3.8, 4) is 12.3 Å². The van der Waals surface area contributed by atoms with Crippen LogP contribution in [0.5, 0.6) is 0 Å². The van der Waals surface area contributed by atoms with E-state index in [0.717, 1.165) is 6.42 Å². The summed E-state index contributed by atoms with van der Waals surface area (Å²) in [5.74, 6) is 2.42. The lowest BCUT2D eigenvalue weighted by Crippen LogP contribution is -2.36. The van der Waals surface area contributed by atoms with Crippen molar-refractivity contribution in [3.63, 3.8) is 0 Å². The smallest absolute Gasteiger partial charge is 0.410 e. The van der Waals surface area contributed by atoms with Crippen molar-refractivity contribution in [3.05, 3.63) is 0 Å². The van der Waals surface area contributed by atoms with Crippen LogP contribution >= 0.6 is 0 Å². The van der Waals surface area contributed by atoms with E-state index in [0.29, 0.717) is 19.7 Å². The molecule has 1 rings (SSSR count). The predicted molar refractivity (Wildman–Crippen MR) is 61.0 cm³/mol. The Bertz CT molecular complexity index is 288. The van der Waals surface area contributed by atoms with Gasteiger partial charge in [0.2, 0.25) is 0 Å². The van der Waals surface area contributed by atoms with Crippen LogP contribution < -0.4 is 0 Å². The van der Waals surface area contributed by atoms with Gasteiger partial charge in [-0.1, -0.05) is 5.92 Å². The fourth-order valence-corrected chi connectivity index (χ4v) is 1.52. The number of rotatable bonds is 2. The number of carbonyl (C=O) groups is 1. The molecule has 1 atom stereocenters. The van der Waals surface area contributed by atoms with E-state index >= 15 is 0 Å². The summed E-state index contributed by atoms with van der Waals surface area (Å²) in [6.07, 6.45) is 5.69. The Labute approximate surface area is 96.9 Å². The zero-order valence-corrected chi connectivity index (χ0v) is 10.2. The van der Waals surface area contributed by atoms with Crippen LogP contribution in [0.15, 0.2) is 0 Å². The molecule has 4 heteroatoms. The van der Waals surface area contributed by atoms with E-state index in [-0.39, 0.29) is 12.2 Å². The topological polar surface area (TPSA) is 38.8 Å². The molecular weight excluding hydrogens is 206 g/mol. The number of nitrogens with zero attached hydrogens (tertiary/aromatic N) is 1. The Morgan fingerprint density at radius 2 is 2.25 bits per heavy atom. The summed E-state index contributed by atoms with van der Waals surface area (Å²) in [6, 6.07) is 0. The van der Waals surface area contributed by atoms with E-state index in [4.69, 9.17) is 15.9 Å². The third-order valence-electron chi connectivity index (χ3n) is 2.20. The molecule has 0 aromatic carbocycles. The summed E-state index contributed by atoms with van der Waals surface area (Å²) in [7, 11) is 0. The molecule has 1 aliphatic heterocycles. The van der Waals surface area contributed by atoms with Crippen molar-refractivity contribution in [2.75, 3.05) is 19.7 Å². The highest BCUT2D eigenvalue weighted by molar-refractivity contribution is 5.68. The van der Waals surface area contributed by atoms with E-state index < -0.39 is 5.60 Å². The van der Waals surface area contributed by atoms with Gasteiger partial charge in [0.15, 0.2) is 0 Å². The summed E-state index contributed by atoms with van der Waals surface area (Å²) in [6.45, 7) is 7.10. The second-order valence-corrected chi connectivity index (χ2v) is 4.85. The van der Waals surface area contributed by atoms with E-state index in [1.165, 1.54) is 0 Å². The molecule has 0 bridgehead atoms. The highest BCUT2D eigenvalue weighted by Crippen LogP contribution is 2.16. The second kappa shape index (κ2) is 5.22. The van der Waals surface area contributed by atoms with Crippen LogP contribution in [0, 0.1) is 12.3 Å². The second-order valence-electron chi connectivity index (χ2n) is 4.85. The monoisotopic (exact) mass is 225 g/mol. The molecule has 0 aromatic heterocycles. The average Bonchev–Trinajstić information content (AvgIpc) is 2.60. The highest BCUT2D eigenvalue weighted by Gasteiger charge is 2.29. The van der Waals surface area contributed by atoms with Gasteiger partial charge in [0.25, 0.3) is 0 Å². The fraction of sp³-hybridized carbons (Fsp3) is 0.750. The standard InChI is InChI=1S/C12H19NO3/c1-5-8-15-10-6-7-13(9-10)11(14)16-12(2,3)4/h1,10H,6-9H2,2-4H3. The third-order valence-corrected chi connectivity index (χ3v) is 2.20. The first-order valence-corrected chi connectivity index (χ1v) is 5.45. The fourth-order valence-electron chi connectivity index (χ4n) is 1.52. The lowest BCUT2D eigenvalue weighted by molar-refractivity contribution is 0.0238. The molecule has 0 aliphatic carbocycles. The molecule has 16 heavy (non-hydrogen) atoms. The van der Waals surface area contributed by atoms with Gasteiger partial charge in [0, 0.05) is 6.54 Å². The average molecular weight is 225 g/mol. The van der Waals surface area contributed by atoms with Crippen LogP contribution in [0.4, 0.5) is 4.79 Å². The van der Waals surface area contributed by atoms with Gasteiger partial charge < -0.3 is 14.4 Å². The summed E-state index contributed by atoms with van der Waals surface area (Å²) in [4.78, 5) is 13.3. The van der Waals surface area contributed by atoms with Gasteiger partial charge in [-0.2, -0.15) is 0 Å². The molecule has 0 spiro atoms. The minimum absolute atomic E-state index is 0.0450. The zero-order valence-electron chi connectivity index (χ0n) is 10.2. The maximum atomic E-state index is 11.7. The third kappa shape index (κ3) is 4.11. The Morgan fingerprint density at radius 3 is 2.81 bits per heavy atom. The first kappa shape index (κ1) is 12.9. The Morgan fingerprint density at radius 1 is 1.56 bits per heavy atom. The molecule has 90 valence electrons. The molecule has 1 heterocycles. The summed E-state index contributed by atoms with van der Waals surface area (Å²) in [5, 5.41) is 0. The molecule has 4 nitrogen and oxygen atoms in total. The first-order valence-electron chi connectivity index (χ1n) is 5.45. The molecule has 1 fully saturated rings. The summed E-state index contributed by atoms with van der Waals surface area (Å²) >= 11 is 0. The van der Waals surface area contributed by atoms with E-state index in [9.17, 15) is 4.79 Å². The van der Waals surface area contributed by atoms with Crippen molar-refractivity contribution in [1.82, 2.24) is 4.90 Å². The van der Waals surface area contributed by atoms with E-state index in [1.54, 1.807) is 4.90 Å². The van der Waals surface area contributed by atoms with Crippen molar-refractivity contribution in [1.29, 1.82) is 0 Å². The van der Waals surface area contributed by atoms with Gasteiger partial charge in [-0.05, 0) is 27.2 Å². The van der Waals surface area contributed by atoms with Crippen molar-refractivity contribution in [2.45, 2.75) is 38.9 Å². The molecule has 1 unspecified atom stereocenters. The van der Waals surface area contributed by atoms with Crippen molar-refractivity contribution < 1.29 is 14.3 Å². The van der Waals surface area contributed by atoms with E-state index in [1.807, 2.05) is 20.8 Å². The Kier molecular flexibility index (Phi) is 4.19. The molecule has 0 radical (unpaired) electrons. The number of amides is 1. The van der Waals surface area contributed by atoms with Crippen molar-refractivity contribution >= 4 is 6.09 Å². The lowest BCUT2D eigenvalue weighted by Gasteiger charge is -2.24. The zero-order chi connectivity index (χ0) is 12.2. The van der Waals surface area contributed by atoms with Gasteiger partial charge >= 0.3 is 6.09 Å².